The number of carbonyl (C=O) groups is 2. The van der Waals surface area contributed by atoms with Gasteiger partial charge in [0.1, 0.15) is 17.1 Å². The Bertz CT molecular complexity index is 1250. The Balaban J connectivity index is 1.40. The average Bonchev–Trinajstić information content (AvgIpc) is 3.30. The summed E-state index contributed by atoms with van der Waals surface area (Å²) < 4.78 is 13.1. The van der Waals surface area contributed by atoms with Crippen molar-refractivity contribution in [2.24, 2.45) is 10.9 Å². The number of carbonyl (C=O) groups excluding carboxylic acids is 2. The molecule has 0 bridgehead atoms. The van der Waals surface area contributed by atoms with Gasteiger partial charge in [0, 0.05) is 36.0 Å². The number of rotatable bonds is 4. The molecule has 7 nitrogen and oxygen atoms in total. The van der Waals surface area contributed by atoms with E-state index in [0.29, 0.717) is 23.0 Å². The second-order valence-corrected chi connectivity index (χ2v) is 9.21. The summed E-state index contributed by atoms with van der Waals surface area (Å²) in [5, 5.41) is 9.80. The van der Waals surface area contributed by atoms with Crippen LogP contribution in [0.3, 0.4) is 0 Å². The predicted octanol–water partition coefficient (Wildman–Crippen LogP) is 3.42. The van der Waals surface area contributed by atoms with Gasteiger partial charge in [0.05, 0.1) is 6.20 Å². The molecule has 0 saturated carbocycles. The molecule has 0 aliphatic carbocycles. The van der Waals surface area contributed by atoms with E-state index in [1.54, 1.807) is 18.2 Å². The van der Waals surface area contributed by atoms with Crippen molar-refractivity contribution in [1.29, 1.82) is 0 Å². The fraction of sp³-hybridized carbons (Fsp3) is 0.200. The summed E-state index contributed by atoms with van der Waals surface area (Å²) in [7, 11) is 0. The number of anilines is 1. The number of aliphatic imine (C=N–C) groups is 1. The van der Waals surface area contributed by atoms with Crippen LogP contribution in [0.25, 0.3) is 0 Å². The number of pyridine rings is 1. The van der Waals surface area contributed by atoms with Crippen molar-refractivity contribution < 1.29 is 14.0 Å². The number of halogens is 1. The lowest BCUT2D eigenvalue weighted by atomic mass is 9.81. The van der Waals surface area contributed by atoms with Crippen LogP contribution in [-0.2, 0) is 5.54 Å². The first-order valence-corrected chi connectivity index (χ1v) is 11.9. The number of thioether (sulfide) groups is 1. The summed E-state index contributed by atoms with van der Waals surface area (Å²) in [4.78, 5) is 34.1. The van der Waals surface area contributed by atoms with Crippen LogP contribution in [0.1, 0.15) is 26.4 Å². The number of benzene rings is 2. The summed E-state index contributed by atoms with van der Waals surface area (Å²) in [6.45, 7) is 1.44. The predicted molar refractivity (Wildman–Crippen MR) is 130 cm³/mol. The van der Waals surface area contributed by atoms with Crippen molar-refractivity contribution in [3.63, 3.8) is 0 Å². The van der Waals surface area contributed by atoms with Crippen molar-refractivity contribution in [3.05, 3.63) is 95.6 Å². The van der Waals surface area contributed by atoms with Crippen LogP contribution in [0.2, 0.25) is 0 Å². The summed E-state index contributed by atoms with van der Waals surface area (Å²) in [5.74, 6) is -0.0783. The molecule has 0 radical (unpaired) electrons. The Hall–Kier alpha value is -3.56. The van der Waals surface area contributed by atoms with Crippen molar-refractivity contribution >= 4 is 34.4 Å². The summed E-state index contributed by atoms with van der Waals surface area (Å²) in [6, 6.07) is 19.1. The van der Waals surface area contributed by atoms with Crippen LogP contribution in [0, 0.1) is 11.7 Å². The second-order valence-electron chi connectivity index (χ2n) is 8.20. The second kappa shape index (κ2) is 9.36. The van der Waals surface area contributed by atoms with Gasteiger partial charge < -0.3 is 16.0 Å². The van der Waals surface area contributed by atoms with Crippen LogP contribution in [0.5, 0.6) is 0 Å². The number of hydrogen-bond donors (Lipinski definition) is 3. The largest absolute Gasteiger partial charge is 0.321 e. The number of nitrogens with zero attached hydrogens (tertiary/aromatic N) is 2. The smallest absolute Gasteiger partial charge is 0.274 e. The third-order valence-corrected chi connectivity index (χ3v) is 7.06. The van der Waals surface area contributed by atoms with E-state index in [9.17, 15) is 14.0 Å². The minimum absolute atomic E-state index is 0.128. The van der Waals surface area contributed by atoms with Gasteiger partial charge in [0.2, 0.25) is 0 Å². The monoisotopic (exact) mass is 475 g/mol. The molecule has 3 aromatic rings. The topological polar surface area (TPSA) is 95.5 Å². The highest BCUT2D eigenvalue weighted by Gasteiger charge is 2.47. The van der Waals surface area contributed by atoms with E-state index in [4.69, 9.17) is 4.99 Å². The van der Waals surface area contributed by atoms with Gasteiger partial charge in [-0.3, -0.25) is 9.59 Å². The van der Waals surface area contributed by atoms with Gasteiger partial charge >= 0.3 is 0 Å². The Morgan fingerprint density at radius 3 is 2.68 bits per heavy atom. The molecule has 1 saturated heterocycles. The molecule has 172 valence electrons. The number of amidine groups is 1. The number of aromatic nitrogens is 1. The van der Waals surface area contributed by atoms with Gasteiger partial charge in [-0.15, -0.1) is 0 Å². The number of amides is 2. The average molecular weight is 476 g/mol. The van der Waals surface area contributed by atoms with Crippen LogP contribution in [0.15, 0.2) is 77.9 Å². The van der Waals surface area contributed by atoms with Crippen molar-refractivity contribution in [2.45, 2.75) is 5.54 Å². The van der Waals surface area contributed by atoms with E-state index in [1.807, 2.05) is 36.4 Å². The molecule has 3 heterocycles. The molecule has 2 aliphatic heterocycles. The lowest BCUT2D eigenvalue weighted by molar-refractivity contribution is 0.0976. The minimum atomic E-state index is -0.556. The zero-order chi connectivity index (χ0) is 23.5. The highest BCUT2D eigenvalue weighted by molar-refractivity contribution is 8.13. The minimum Gasteiger partial charge on any atom is -0.321 e. The maximum atomic E-state index is 13.1. The Morgan fingerprint density at radius 2 is 1.88 bits per heavy atom. The van der Waals surface area contributed by atoms with E-state index >= 15 is 0 Å². The van der Waals surface area contributed by atoms with Crippen molar-refractivity contribution in [1.82, 2.24) is 15.6 Å². The standard InChI is InChI=1S/C25H22FN5O2S/c26-19-9-10-21(28-13-19)23(33)29-20-8-4-7-17(11-20)25-15-27-12-18(25)14-34-24(31-25)30-22(32)16-5-2-1-3-6-16/h1-11,13,18,27H,12,14-15H2,(H,29,33)(H,30,31,32)/t18-,25?/m0/s1. The fourth-order valence-electron chi connectivity index (χ4n) is 4.27. The third-order valence-electron chi connectivity index (χ3n) is 6.02. The van der Waals surface area contributed by atoms with Gasteiger partial charge in [0.15, 0.2) is 5.17 Å². The maximum absolute atomic E-state index is 13.1. The van der Waals surface area contributed by atoms with E-state index in [-0.39, 0.29) is 17.5 Å². The lowest BCUT2D eigenvalue weighted by Gasteiger charge is -2.36. The molecule has 1 aromatic heterocycles. The molecule has 2 amide bonds. The van der Waals surface area contributed by atoms with E-state index in [2.05, 4.69) is 20.9 Å². The Morgan fingerprint density at radius 1 is 1.03 bits per heavy atom. The molecule has 2 aliphatic rings. The van der Waals surface area contributed by atoms with Crippen LogP contribution in [0.4, 0.5) is 10.1 Å². The van der Waals surface area contributed by atoms with Crippen molar-refractivity contribution in [2.75, 3.05) is 24.2 Å². The third kappa shape index (κ3) is 4.44. The molecule has 2 atom stereocenters. The van der Waals surface area contributed by atoms with Gasteiger partial charge in [-0.1, -0.05) is 42.1 Å². The quantitative estimate of drug-likeness (QED) is 0.538. The first-order valence-electron chi connectivity index (χ1n) is 10.9. The SMILES string of the molecule is O=C(NC1=NC2(c3cccc(NC(=O)c4ccc(F)cn4)c3)CNC[C@H]2CS1)c1ccccc1. The molecule has 2 aromatic carbocycles. The molecule has 1 fully saturated rings. The molecular formula is C25H22FN5O2S. The van der Waals surface area contributed by atoms with Gasteiger partial charge in [-0.25, -0.2) is 14.4 Å². The summed E-state index contributed by atoms with van der Waals surface area (Å²) in [6.07, 6.45) is 1.01. The fourth-order valence-corrected chi connectivity index (χ4v) is 5.41. The first kappa shape index (κ1) is 22.2. The van der Waals surface area contributed by atoms with Crippen LogP contribution in [-0.4, -0.2) is 40.8 Å². The van der Waals surface area contributed by atoms with Gasteiger partial charge in [-0.2, -0.15) is 0 Å². The first-order chi connectivity index (χ1) is 16.5. The molecule has 34 heavy (non-hydrogen) atoms. The van der Waals surface area contributed by atoms with E-state index in [0.717, 1.165) is 24.1 Å². The number of fused-ring (bicyclic) bond motifs is 1. The highest BCUT2D eigenvalue weighted by Crippen LogP contribution is 2.43. The van der Waals surface area contributed by atoms with Crippen LogP contribution >= 0.6 is 11.8 Å². The lowest BCUT2D eigenvalue weighted by Crippen LogP contribution is -2.42. The Kier molecular flexibility index (Phi) is 6.12. The van der Waals surface area contributed by atoms with Gasteiger partial charge in [-0.05, 0) is 42.0 Å². The zero-order valence-electron chi connectivity index (χ0n) is 18.1. The van der Waals surface area contributed by atoms with Gasteiger partial charge in [0.25, 0.3) is 11.8 Å². The summed E-state index contributed by atoms with van der Waals surface area (Å²) >= 11 is 1.54. The zero-order valence-corrected chi connectivity index (χ0v) is 18.9. The molecular weight excluding hydrogens is 453 g/mol. The summed E-state index contributed by atoms with van der Waals surface area (Å²) in [5.41, 5.74) is 1.68. The maximum Gasteiger partial charge on any atom is 0.274 e. The number of nitrogens with one attached hydrogen (secondary N) is 3. The highest BCUT2D eigenvalue weighted by atomic mass is 32.2. The molecule has 9 heteroatoms. The normalized spacial score (nSPS) is 21.3. The van der Waals surface area contributed by atoms with Crippen molar-refractivity contribution in [3.8, 4) is 0 Å². The van der Waals surface area contributed by atoms with Crippen LogP contribution < -0.4 is 16.0 Å². The van der Waals surface area contributed by atoms with E-state index in [1.165, 1.54) is 23.9 Å². The molecule has 5 rings (SSSR count). The molecule has 0 spiro atoms. The molecule has 1 unspecified atom stereocenters. The Labute approximate surface area is 200 Å². The van der Waals surface area contributed by atoms with E-state index < -0.39 is 17.3 Å². The molecule has 3 N–H and O–H groups in total. The number of hydrogen-bond acceptors (Lipinski definition) is 6.